The summed E-state index contributed by atoms with van der Waals surface area (Å²) in [5, 5.41) is 0. The van der Waals surface area contributed by atoms with Crippen molar-refractivity contribution in [2.45, 2.75) is 58.8 Å². The molecule has 30 heavy (non-hydrogen) atoms. The van der Waals surface area contributed by atoms with Gasteiger partial charge in [0.05, 0.1) is 12.5 Å². The van der Waals surface area contributed by atoms with E-state index >= 15 is 0 Å². The molecule has 3 nitrogen and oxygen atoms in total. The second kappa shape index (κ2) is 11.5. The number of ether oxygens (including phenoxy) is 2. The van der Waals surface area contributed by atoms with Crippen LogP contribution >= 0.6 is 0 Å². The zero-order chi connectivity index (χ0) is 21.2. The Morgan fingerprint density at radius 2 is 1.43 bits per heavy atom. The fourth-order valence-corrected chi connectivity index (χ4v) is 3.73. The molecule has 0 radical (unpaired) electrons. The van der Waals surface area contributed by atoms with Crippen molar-refractivity contribution in [2.75, 3.05) is 6.61 Å². The molecule has 2 aromatic rings. The first-order valence-corrected chi connectivity index (χ1v) is 11.2. The zero-order valence-corrected chi connectivity index (χ0v) is 18.2. The van der Waals surface area contributed by atoms with Crippen LogP contribution in [0.2, 0.25) is 0 Å². The molecular weight excluding hydrogens is 372 g/mol. The number of carbonyl (C=O) groups excluding carboxylic acids is 1. The minimum Gasteiger partial charge on any atom is -0.494 e. The van der Waals surface area contributed by atoms with E-state index in [1.807, 2.05) is 48.5 Å². The van der Waals surface area contributed by atoms with Gasteiger partial charge in [-0.2, -0.15) is 0 Å². The summed E-state index contributed by atoms with van der Waals surface area (Å²) in [6.07, 6.45) is 7.56. The molecule has 158 valence electrons. The molecule has 2 aromatic carbocycles. The molecule has 0 spiro atoms. The number of hydrogen-bond donors (Lipinski definition) is 0. The third-order valence-corrected chi connectivity index (χ3v) is 5.80. The lowest BCUT2D eigenvalue weighted by Crippen LogP contribution is -2.25. The molecule has 0 unspecified atom stereocenters. The number of rotatable bonds is 7. The maximum absolute atomic E-state index is 12.4. The zero-order valence-electron chi connectivity index (χ0n) is 18.2. The first-order chi connectivity index (χ1) is 14.7. The van der Waals surface area contributed by atoms with Crippen LogP contribution in [0.4, 0.5) is 0 Å². The highest BCUT2D eigenvalue weighted by atomic mass is 16.5. The smallest absolute Gasteiger partial charge is 0.314 e. The van der Waals surface area contributed by atoms with Crippen molar-refractivity contribution in [1.82, 2.24) is 0 Å². The molecular formula is C27H32O3. The molecule has 1 fully saturated rings. The first-order valence-electron chi connectivity index (χ1n) is 11.2. The van der Waals surface area contributed by atoms with E-state index in [2.05, 4.69) is 25.7 Å². The molecule has 0 aliphatic heterocycles. The largest absolute Gasteiger partial charge is 0.494 e. The molecule has 1 aliphatic rings. The van der Waals surface area contributed by atoms with Crippen molar-refractivity contribution in [3.05, 3.63) is 59.7 Å². The third kappa shape index (κ3) is 6.66. The van der Waals surface area contributed by atoms with Crippen LogP contribution in [-0.4, -0.2) is 12.6 Å². The van der Waals surface area contributed by atoms with Gasteiger partial charge in [0.25, 0.3) is 0 Å². The predicted molar refractivity (Wildman–Crippen MR) is 121 cm³/mol. The molecule has 0 amide bonds. The van der Waals surface area contributed by atoms with E-state index in [1.165, 1.54) is 6.42 Å². The summed E-state index contributed by atoms with van der Waals surface area (Å²) in [4.78, 5) is 12.4. The highest BCUT2D eigenvalue weighted by Crippen LogP contribution is 2.31. The number of unbranched alkanes of at least 4 members (excludes halogenated alkanes) is 1. The molecule has 1 aliphatic carbocycles. The molecule has 0 aromatic heterocycles. The quantitative estimate of drug-likeness (QED) is 0.232. The number of hydrogen-bond acceptors (Lipinski definition) is 3. The van der Waals surface area contributed by atoms with E-state index in [-0.39, 0.29) is 11.9 Å². The molecule has 0 heterocycles. The minimum atomic E-state index is -0.0929. The van der Waals surface area contributed by atoms with Gasteiger partial charge < -0.3 is 9.47 Å². The van der Waals surface area contributed by atoms with Gasteiger partial charge in [0.15, 0.2) is 0 Å². The van der Waals surface area contributed by atoms with Crippen LogP contribution in [-0.2, 0) is 4.79 Å². The molecule has 3 heteroatoms. The Balaban J connectivity index is 1.51. The molecule has 3 rings (SSSR count). The van der Waals surface area contributed by atoms with Crippen molar-refractivity contribution < 1.29 is 14.3 Å². The third-order valence-electron chi connectivity index (χ3n) is 5.80. The summed E-state index contributed by atoms with van der Waals surface area (Å²) in [7, 11) is 0. The maximum atomic E-state index is 12.4. The number of benzene rings is 2. The maximum Gasteiger partial charge on any atom is 0.314 e. The Morgan fingerprint density at radius 3 is 1.97 bits per heavy atom. The minimum absolute atomic E-state index is 0.0428. The summed E-state index contributed by atoms with van der Waals surface area (Å²) in [6, 6.07) is 15.3. The van der Waals surface area contributed by atoms with Crippen LogP contribution in [0.25, 0.3) is 0 Å². The van der Waals surface area contributed by atoms with E-state index in [1.54, 1.807) is 0 Å². The van der Waals surface area contributed by atoms with Gasteiger partial charge in [-0.05, 0) is 86.6 Å². The van der Waals surface area contributed by atoms with Gasteiger partial charge in [0, 0.05) is 11.1 Å². The van der Waals surface area contributed by atoms with Crippen molar-refractivity contribution in [1.29, 1.82) is 0 Å². The monoisotopic (exact) mass is 404 g/mol. The van der Waals surface area contributed by atoms with E-state index < -0.39 is 0 Å². The Morgan fingerprint density at radius 1 is 0.867 bits per heavy atom. The van der Waals surface area contributed by atoms with Crippen molar-refractivity contribution in [2.24, 2.45) is 11.8 Å². The van der Waals surface area contributed by atoms with Gasteiger partial charge >= 0.3 is 5.97 Å². The summed E-state index contributed by atoms with van der Waals surface area (Å²) >= 11 is 0. The highest BCUT2D eigenvalue weighted by Gasteiger charge is 2.26. The van der Waals surface area contributed by atoms with Gasteiger partial charge in [-0.1, -0.05) is 38.5 Å². The van der Waals surface area contributed by atoms with Crippen LogP contribution in [0.3, 0.4) is 0 Å². The Hall–Kier alpha value is -2.73. The van der Waals surface area contributed by atoms with Crippen molar-refractivity contribution >= 4 is 5.97 Å². The molecule has 0 N–H and O–H groups in total. The lowest BCUT2D eigenvalue weighted by Gasteiger charge is -2.26. The summed E-state index contributed by atoms with van der Waals surface area (Å²) in [5.74, 6) is 8.52. The Labute approximate surface area is 180 Å². The SMILES string of the molecule is CCCCOc1ccc(C#Cc2ccc(OC(=O)C3CCC(CC)CC3)cc2)cc1. The lowest BCUT2D eigenvalue weighted by atomic mass is 9.81. The summed E-state index contributed by atoms with van der Waals surface area (Å²) < 4.78 is 11.3. The van der Waals surface area contributed by atoms with E-state index in [0.29, 0.717) is 5.75 Å². The van der Waals surface area contributed by atoms with E-state index in [4.69, 9.17) is 9.47 Å². The average Bonchev–Trinajstić information content (AvgIpc) is 2.79. The van der Waals surface area contributed by atoms with E-state index in [0.717, 1.165) is 67.9 Å². The normalized spacial score (nSPS) is 18.2. The highest BCUT2D eigenvalue weighted by molar-refractivity contribution is 5.75. The Bertz CT molecular complexity index is 848. The van der Waals surface area contributed by atoms with Gasteiger partial charge in [0.1, 0.15) is 11.5 Å². The van der Waals surface area contributed by atoms with Crippen LogP contribution in [0.1, 0.15) is 69.9 Å². The second-order valence-corrected chi connectivity index (χ2v) is 8.05. The van der Waals surface area contributed by atoms with Crippen LogP contribution < -0.4 is 9.47 Å². The van der Waals surface area contributed by atoms with E-state index in [9.17, 15) is 4.79 Å². The fraction of sp³-hybridized carbons (Fsp3) is 0.444. The summed E-state index contributed by atoms with van der Waals surface area (Å²) in [6.45, 7) is 5.13. The van der Waals surface area contributed by atoms with Crippen LogP contribution in [0.5, 0.6) is 11.5 Å². The molecule has 1 saturated carbocycles. The molecule has 0 bridgehead atoms. The van der Waals surface area contributed by atoms with Crippen molar-refractivity contribution in [3.63, 3.8) is 0 Å². The fourth-order valence-electron chi connectivity index (χ4n) is 3.73. The number of carbonyl (C=O) groups is 1. The number of esters is 1. The summed E-state index contributed by atoms with van der Waals surface area (Å²) in [5.41, 5.74) is 1.83. The first kappa shape index (κ1) is 22.0. The van der Waals surface area contributed by atoms with Gasteiger partial charge in [-0.3, -0.25) is 4.79 Å². The molecule has 0 atom stereocenters. The second-order valence-electron chi connectivity index (χ2n) is 8.05. The van der Waals surface area contributed by atoms with Crippen molar-refractivity contribution in [3.8, 4) is 23.3 Å². The topological polar surface area (TPSA) is 35.5 Å². The lowest BCUT2D eigenvalue weighted by molar-refractivity contribution is -0.140. The predicted octanol–water partition coefficient (Wildman–Crippen LogP) is 6.39. The van der Waals surface area contributed by atoms with Gasteiger partial charge in [-0.15, -0.1) is 0 Å². The molecule has 0 saturated heterocycles. The van der Waals surface area contributed by atoms with Gasteiger partial charge in [-0.25, -0.2) is 0 Å². The van der Waals surface area contributed by atoms with Gasteiger partial charge in [0.2, 0.25) is 0 Å². The Kier molecular flexibility index (Phi) is 8.39. The van der Waals surface area contributed by atoms with Crippen LogP contribution in [0, 0.1) is 23.7 Å². The standard InChI is InChI=1S/C27H32O3/c1-3-5-20-29-25-16-10-22(11-17-25)6-7-23-12-18-26(19-13-23)30-27(28)24-14-8-21(4-2)9-15-24/h10-13,16-19,21,24H,3-5,8-9,14-15,20H2,1-2H3. The van der Waals surface area contributed by atoms with Crippen LogP contribution in [0.15, 0.2) is 48.5 Å². The average molecular weight is 405 g/mol.